The fraction of sp³-hybridized carbons (Fsp3) is 0.250. The second-order valence-electron chi connectivity index (χ2n) is 4.00. The van der Waals surface area contributed by atoms with Crippen molar-refractivity contribution < 1.29 is 4.74 Å². The van der Waals surface area contributed by atoms with E-state index in [9.17, 15) is 0 Å². The summed E-state index contributed by atoms with van der Waals surface area (Å²) in [5.41, 5.74) is 7.24. The molecule has 0 radical (unpaired) electrons. The highest BCUT2D eigenvalue weighted by Gasteiger charge is 2.28. The van der Waals surface area contributed by atoms with Crippen LogP contribution < -0.4 is 10.5 Å². The molecule has 17 heavy (non-hydrogen) atoms. The third-order valence-corrected chi connectivity index (χ3v) is 4.20. The van der Waals surface area contributed by atoms with E-state index >= 15 is 0 Å². The van der Waals surface area contributed by atoms with E-state index in [0.717, 1.165) is 27.2 Å². The van der Waals surface area contributed by atoms with E-state index in [2.05, 4.69) is 20.9 Å². The molecule has 0 saturated heterocycles. The summed E-state index contributed by atoms with van der Waals surface area (Å²) in [5.74, 6) is 0.860. The van der Waals surface area contributed by atoms with Crippen LogP contribution in [0.15, 0.2) is 34.2 Å². The average Bonchev–Trinajstić information content (AvgIpc) is 2.81. The predicted octanol–water partition coefficient (Wildman–Crippen LogP) is 3.43. The first kappa shape index (κ1) is 11.2. The lowest BCUT2D eigenvalue weighted by Gasteiger charge is -2.29. The van der Waals surface area contributed by atoms with Crippen LogP contribution in [0.2, 0.25) is 0 Å². The van der Waals surface area contributed by atoms with E-state index in [1.807, 2.05) is 23.6 Å². The van der Waals surface area contributed by atoms with E-state index in [4.69, 9.17) is 10.5 Å². The Morgan fingerprint density at radius 3 is 3.12 bits per heavy atom. The highest BCUT2D eigenvalue weighted by molar-refractivity contribution is 9.10. The van der Waals surface area contributed by atoms with Crippen LogP contribution in [-0.4, -0.2) is 4.98 Å². The summed E-state index contributed by atoms with van der Waals surface area (Å²) in [4.78, 5) is 4.30. The predicted molar refractivity (Wildman–Crippen MR) is 71.2 cm³/mol. The molecule has 0 spiro atoms. The molecule has 2 N–H and O–H groups in total. The first-order chi connectivity index (χ1) is 8.24. The standard InChI is InChI=1S/C12H11BrN2OS/c13-7-1-2-8-9(14)6-11(16-10(8)5-7)12-15-3-4-17-12/h1-5,9,11H,6,14H2/t9-,11?/m0/s1. The molecule has 2 aromatic rings. The molecule has 0 amide bonds. The maximum absolute atomic E-state index is 6.17. The number of hydrogen-bond acceptors (Lipinski definition) is 4. The second-order valence-corrected chi connectivity index (χ2v) is 5.84. The molecule has 0 fully saturated rings. The van der Waals surface area contributed by atoms with Gasteiger partial charge in [-0.1, -0.05) is 22.0 Å². The number of rotatable bonds is 1. The molecular formula is C12H11BrN2OS. The second kappa shape index (κ2) is 4.40. The van der Waals surface area contributed by atoms with E-state index in [-0.39, 0.29) is 12.1 Å². The minimum Gasteiger partial charge on any atom is -0.483 e. The highest BCUT2D eigenvalue weighted by atomic mass is 79.9. The zero-order chi connectivity index (χ0) is 11.8. The number of nitrogens with zero attached hydrogens (tertiary/aromatic N) is 1. The Hall–Kier alpha value is -0.910. The molecule has 2 heterocycles. The van der Waals surface area contributed by atoms with Gasteiger partial charge in [-0.2, -0.15) is 0 Å². The van der Waals surface area contributed by atoms with Gasteiger partial charge in [0.05, 0.1) is 0 Å². The lowest BCUT2D eigenvalue weighted by Crippen LogP contribution is -2.24. The van der Waals surface area contributed by atoms with Gasteiger partial charge in [-0.05, 0) is 12.1 Å². The summed E-state index contributed by atoms with van der Waals surface area (Å²) >= 11 is 5.05. The first-order valence-corrected chi connectivity index (χ1v) is 7.02. The summed E-state index contributed by atoms with van der Waals surface area (Å²) in [5, 5.41) is 2.95. The van der Waals surface area contributed by atoms with Gasteiger partial charge in [0.25, 0.3) is 0 Å². The molecule has 88 valence electrons. The monoisotopic (exact) mass is 310 g/mol. The maximum atomic E-state index is 6.17. The van der Waals surface area contributed by atoms with Crippen molar-refractivity contribution in [2.75, 3.05) is 0 Å². The minimum absolute atomic E-state index is 0.0146. The maximum Gasteiger partial charge on any atom is 0.152 e. The van der Waals surface area contributed by atoms with Crippen molar-refractivity contribution in [1.82, 2.24) is 4.98 Å². The molecule has 0 aliphatic carbocycles. The number of hydrogen-bond donors (Lipinski definition) is 1. The topological polar surface area (TPSA) is 48.1 Å². The third kappa shape index (κ3) is 2.10. The van der Waals surface area contributed by atoms with Crippen molar-refractivity contribution in [3.05, 3.63) is 44.8 Å². The molecule has 1 unspecified atom stereocenters. The highest BCUT2D eigenvalue weighted by Crippen LogP contribution is 2.41. The number of halogens is 1. The van der Waals surface area contributed by atoms with E-state index in [1.54, 1.807) is 17.5 Å². The van der Waals surface area contributed by atoms with Crippen LogP contribution >= 0.6 is 27.3 Å². The Kier molecular flexibility index (Phi) is 2.90. The Bertz CT molecular complexity index is 529. The number of thiazole rings is 1. The van der Waals surface area contributed by atoms with Crippen molar-refractivity contribution in [3.8, 4) is 5.75 Å². The summed E-state index contributed by atoms with van der Waals surface area (Å²) < 4.78 is 6.97. The lowest BCUT2D eigenvalue weighted by atomic mass is 9.97. The molecule has 3 nitrogen and oxygen atoms in total. The zero-order valence-electron chi connectivity index (χ0n) is 8.97. The van der Waals surface area contributed by atoms with Crippen LogP contribution in [0.4, 0.5) is 0 Å². The van der Waals surface area contributed by atoms with Crippen LogP contribution in [0.3, 0.4) is 0 Å². The first-order valence-electron chi connectivity index (χ1n) is 5.35. The van der Waals surface area contributed by atoms with Gasteiger partial charge in [-0.3, -0.25) is 0 Å². The van der Waals surface area contributed by atoms with Gasteiger partial charge in [0, 0.05) is 34.1 Å². The van der Waals surface area contributed by atoms with Gasteiger partial charge in [0.1, 0.15) is 10.8 Å². The Morgan fingerprint density at radius 2 is 2.35 bits per heavy atom. The van der Waals surface area contributed by atoms with Crippen molar-refractivity contribution in [1.29, 1.82) is 0 Å². The summed E-state index contributed by atoms with van der Waals surface area (Å²) in [6.45, 7) is 0. The molecule has 3 rings (SSSR count). The van der Waals surface area contributed by atoms with E-state index in [1.165, 1.54) is 0 Å². The number of benzene rings is 1. The summed E-state index contributed by atoms with van der Waals surface area (Å²) in [7, 11) is 0. The van der Waals surface area contributed by atoms with Crippen LogP contribution in [0.25, 0.3) is 0 Å². The van der Waals surface area contributed by atoms with Crippen LogP contribution in [0, 0.1) is 0 Å². The number of nitrogens with two attached hydrogens (primary N) is 1. The lowest BCUT2D eigenvalue weighted by molar-refractivity contribution is 0.161. The number of aromatic nitrogens is 1. The van der Waals surface area contributed by atoms with Gasteiger partial charge in [-0.25, -0.2) is 4.98 Å². The van der Waals surface area contributed by atoms with Crippen molar-refractivity contribution in [2.24, 2.45) is 5.73 Å². The van der Waals surface area contributed by atoms with Crippen molar-refractivity contribution in [3.63, 3.8) is 0 Å². The molecular weight excluding hydrogens is 300 g/mol. The Morgan fingerprint density at radius 1 is 1.47 bits per heavy atom. The molecule has 1 aromatic carbocycles. The summed E-state index contributed by atoms with van der Waals surface area (Å²) in [6, 6.07) is 5.99. The molecule has 5 heteroatoms. The molecule has 1 aromatic heterocycles. The fourth-order valence-electron chi connectivity index (χ4n) is 2.02. The minimum atomic E-state index is -0.0215. The number of ether oxygens (including phenoxy) is 1. The molecule has 1 aliphatic heterocycles. The van der Waals surface area contributed by atoms with Crippen molar-refractivity contribution in [2.45, 2.75) is 18.6 Å². The van der Waals surface area contributed by atoms with Gasteiger partial charge < -0.3 is 10.5 Å². The number of fused-ring (bicyclic) bond motifs is 1. The van der Waals surface area contributed by atoms with Crippen LogP contribution in [-0.2, 0) is 0 Å². The van der Waals surface area contributed by atoms with E-state index in [0.29, 0.717) is 0 Å². The third-order valence-electron chi connectivity index (χ3n) is 2.84. The Labute approximate surface area is 112 Å². The Balaban J connectivity index is 1.97. The van der Waals surface area contributed by atoms with Gasteiger partial charge in [0.15, 0.2) is 6.10 Å². The van der Waals surface area contributed by atoms with Crippen LogP contribution in [0.5, 0.6) is 5.75 Å². The largest absolute Gasteiger partial charge is 0.483 e. The summed E-state index contributed by atoms with van der Waals surface area (Å²) in [6.07, 6.45) is 2.56. The van der Waals surface area contributed by atoms with Gasteiger partial charge in [-0.15, -0.1) is 11.3 Å². The van der Waals surface area contributed by atoms with Crippen molar-refractivity contribution >= 4 is 27.3 Å². The van der Waals surface area contributed by atoms with Gasteiger partial charge in [0.2, 0.25) is 0 Å². The average molecular weight is 311 g/mol. The van der Waals surface area contributed by atoms with Crippen LogP contribution in [0.1, 0.15) is 29.1 Å². The fourth-order valence-corrected chi connectivity index (χ4v) is 3.04. The quantitative estimate of drug-likeness (QED) is 0.878. The molecule has 1 aliphatic rings. The zero-order valence-corrected chi connectivity index (χ0v) is 11.4. The molecule has 0 bridgehead atoms. The SMILES string of the molecule is N[C@H]1CC(c2nccs2)Oc2cc(Br)ccc21. The smallest absolute Gasteiger partial charge is 0.152 e. The van der Waals surface area contributed by atoms with E-state index < -0.39 is 0 Å². The molecule has 0 saturated carbocycles. The molecule has 2 atom stereocenters. The normalized spacial score (nSPS) is 22.9. The van der Waals surface area contributed by atoms with Gasteiger partial charge >= 0.3 is 0 Å².